The fourth-order valence-corrected chi connectivity index (χ4v) is 3.00. The number of amides is 2. The topological polar surface area (TPSA) is 37.4 Å². The molecule has 1 heterocycles. The number of rotatable bonds is 5. The van der Waals surface area contributed by atoms with Gasteiger partial charge in [0.25, 0.3) is 5.91 Å². The van der Waals surface area contributed by atoms with Crippen LogP contribution in [-0.4, -0.2) is 28.6 Å². The van der Waals surface area contributed by atoms with Gasteiger partial charge in [-0.1, -0.05) is 47.5 Å². The maximum atomic E-state index is 12.4. The normalized spacial score (nSPS) is 16.4. The van der Waals surface area contributed by atoms with Crippen LogP contribution in [0.25, 0.3) is 0 Å². The number of alkyl halides is 1. The fourth-order valence-electron chi connectivity index (χ4n) is 2.47. The SMILES string of the molecule is CCCC(CBr)CN1C(=O)Cc2ccccc2C1=O. The summed E-state index contributed by atoms with van der Waals surface area (Å²) < 4.78 is 0. The molecule has 19 heavy (non-hydrogen) atoms. The van der Waals surface area contributed by atoms with Gasteiger partial charge in [-0.25, -0.2) is 0 Å². The third kappa shape index (κ3) is 3.06. The Morgan fingerprint density at radius 2 is 2.05 bits per heavy atom. The van der Waals surface area contributed by atoms with Crippen molar-refractivity contribution in [2.24, 2.45) is 5.92 Å². The van der Waals surface area contributed by atoms with Crippen molar-refractivity contribution in [2.45, 2.75) is 26.2 Å². The highest BCUT2D eigenvalue weighted by atomic mass is 79.9. The summed E-state index contributed by atoms with van der Waals surface area (Å²) in [6.45, 7) is 2.63. The summed E-state index contributed by atoms with van der Waals surface area (Å²) >= 11 is 3.47. The van der Waals surface area contributed by atoms with E-state index in [0.717, 1.165) is 23.7 Å². The quantitative estimate of drug-likeness (QED) is 0.617. The van der Waals surface area contributed by atoms with E-state index in [1.807, 2.05) is 18.2 Å². The van der Waals surface area contributed by atoms with Gasteiger partial charge < -0.3 is 0 Å². The largest absolute Gasteiger partial charge is 0.278 e. The van der Waals surface area contributed by atoms with E-state index in [4.69, 9.17) is 0 Å². The lowest BCUT2D eigenvalue weighted by Crippen LogP contribution is -2.45. The van der Waals surface area contributed by atoms with Crippen LogP contribution in [0.4, 0.5) is 0 Å². The van der Waals surface area contributed by atoms with Gasteiger partial charge in [-0.15, -0.1) is 0 Å². The molecule has 1 atom stereocenters. The fraction of sp³-hybridized carbons (Fsp3) is 0.467. The van der Waals surface area contributed by atoms with E-state index in [1.165, 1.54) is 4.90 Å². The molecule has 0 saturated heterocycles. The van der Waals surface area contributed by atoms with Crippen LogP contribution >= 0.6 is 15.9 Å². The molecule has 102 valence electrons. The standard InChI is InChI=1S/C15H18BrNO2/c1-2-5-11(9-16)10-17-14(18)8-12-6-3-4-7-13(12)15(17)19/h3-4,6-7,11H,2,5,8-10H2,1H3. The molecular formula is C15H18BrNO2. The van der Waals surface area contributed by atoms with Gasteiger partial charge in [0.2, 0.25) is 5.91 Å². The lowest BCUT2D eigenvalue weighted by atomic mass is 9.97. The summed E-state index contributed by atoms with van der Waals surface area (Å²) in [4.78, 5) is 25.9. The Kier molecular flexibility index (Phi) is 4.75. The van der Waals surface area contributed by atoms with Crippen LogP contribution in [0.5, 0.6) is 0 Å². The number of hydrogen-bond acceptors (Lipinski definition) is 2. The van der Waals surface area contributed by atoms with Gasteiger partial charge in [-0.3, -0.25) is 14.5 Å². The molecule has 0 N–H and O–H groups in total. The molecule has 0 aromatic heterocycles. The Labute approximate surface area is 122 Å². The molecule has 0 bridgehead atoms. The Bertz CT molecular complexity index is 487. The van der Waals surface area contributed by atoms with Gasteiger partial charge in [-0.05, 0) is 24.0 Å². The van der Waals surface area contributed by atoms with Gasteiger partial charge >= 0.3 is 0 Å². The van der Waals surface area contributed by atoms with Gasteiger partial charge in [0.05, 0.1) is 6.42 Å². The highest BCUT2D eigenvalue weighted by molar-refractivity contribution is 9.09. The zero-order valence-electron chi connectivity index (χ0n) is 11.1. The van der Waals surface area contributed by atoms with Gasteiger partial charge in [-0.2, -0.15) is 0 Å². The van der Waals surface area contributed by atoms with Crippen molar-refractivity contribution in [3.63, 3.8) is 0 Å². The zero-order chi connectivity index (χ0) is 13.8. The number of carbonyl (C=O) groups is 2. The number of carbonyl (C=O) groups excluding carboxylic acids is 2. The molecule has 1 aromatic carbocycles. The third-order valence-corrected chi connectivity index (χ3v) is 4.41. The number of imide groups is 1. The van der Waals surface area contributed by atoms with Crippen LogP contribution in [0.1, 0.15) is 35.7 Å². The maximum Gasteiger partial charge on any atom is 0.260 e. The first-order valence-electron chi connectivity index (χ1n) is 6.66. The summed E-state index contributed by atoms with van der Waals surface area (Å²) in [6.07, 6.45) is 2.41. The van der Waals surface area contributed by atoms with Crippen molar-refractivity contribution < 1.29 is 9.59 Å². The molecule has 0 spiro atoms. The van der Waals surface area contributed by atoms with E-state index >= 15 is 0 Å². The van der Waals surface area contributed by atoms with Gasteiger partial charge in [0, 0.05) is 17.4 Å². The summed E-state index contributed by atoms with van der Waals surface area (Å²) in [5.41, 5.74) is 1.52. The second-order valence-electron chi connectivity index (χ2n) is 4.95. The minimum atomic E-state index is -0.145. The van der Waals surface area contributed by atoms with Crippen molar-refractivity contribution >= 4 is 27.7 Å². The molecular weight excluding hydrogens is 306 g/mol. The average Bonchev–Trinajstić information content (AvgIpc) is 2.42. The van der Waals surface area contributed by atoms with Crippen LogP contribution in [0.2, 0.25) is 0 Å². The first-order valence-corrected chi connectivity index (χ1v) is 7.78. The van der Waals surface area contributed by atoms with Crippen molar-refractivity contribution in [3.05, 3.63) is 35.4 Å². The summed E-state index contributed by atoms with van der Waals surface area (Å²) in [5.74, 6) is 0.114. The van der Waals surface area contributed by atoms with E-state index in [2.05, 4.69) is 22.9 Å². The Hall–Kier alpha value is -1.16. The molecule has 2 amide bonds. The van der Waals surface area contributed by atoms with Crippen LogP contribution in [0.15, 0.2) is 24.3 Å². The second kappa shape index (κ2) is 6.33. The first-order chi connectivity index (χ1) is 9.17. The Balaban J connectivity index is 2.19. The third-order valence-electron chi connectivity index (χ3n) is 3.49. The minimum Gasteiger partial charge on any atom is -0.278 e. The molecule has 0 radical (unpaired) electrons. The second-order valence-corrected chi connectivity index (χ2v) is 5.60. The molecule has 2 rings (SSSR count). The maximum absolute atomic E-state index is 12.4. The van der Waals surface area contributed by atoms with Gasteiger partial charge in [0.15, 0.2) is 0 Å². The van der Waals surface area contributed by atoms with Crippen LogP contribution in [0.3, 0.4) is 0 Å². The zero-order valence-corrected chi connectivity index (χ0v) is 12.6. The lowest BCUT2D eigenvalue weighted by Gasteiger charge is -2.29. The molecule has 0 aliphatic carbocycles. The van der Waals surface area contributed by atoms with E-state index < -0.39 is 0 Å². The number of hydrogen-bond donors (Lipinski definition) is 0. The molecule has 4 heteroatoms. The number of fused-ring (bicyclic) bond motifs is 1. The minimum absolute atomic E-state index is 0.0780. The lowest BCUT2D eigenvalue weighted by molar-refractivity contribution is -0.128. The number of benzene rings is 1. The summed E-state index contributed by atoms with van der Waals surface area (Å²) in [7, 11) is 0. The summed E-state index contributed by atoms with van der Waals surface area (Å²) in [6, 6.07) is 7.38. The molecule has 0 fully saturated rings. The molecule has 1 aromatic rings. The first kappa shape index (κ1) is 14.3. The highest BCUT2D eigenvalue weighted by Crippen LogP contribution is 2.22. The molecule has 1 aliphatic rings. The van der Waals surface area contributed by atoms with Crippen LogP contribution in [0, 0.1) is 5.92 Å². The smallest absolute Gasteiger partial charge is 0.260 e. The predicted octanol–water partition coefficient (Wildman–Crippen LogP) is 3.02. The Morgan fingerprint density at radius 3 is 2.74 bits per heavy atom. The molecule has 0 saturated carbocycles. The molecule has 3 nitrogen and oxygen atoms in total. The van der Waals surface area contributed by atoms with Gasteiger partial charge in [0.1, 0.15) is 0 Å². The number of halogens is 1. The van der Waals surface area contributed by atoms with E-state index in [-0.39, 0.29) is 11.8 Å². The Morgan fingerprint density at radius 1 is 1.32 bits per heavy atom. The molecule has 1 unspecified atom stereocenters. The monoisotopic (exact) mass is 323 g/mol. The van der Waals surface area contributed by atoms with Crippen molar-refractivity contribution in [3.8, 4) is 0 Å². The number of nitrogens with zero attached hydrogens (tertiary/aromatic N) is 1. The van der Waals surface area contributed by atoms with E-state index in [9.17, 15) is 9.59 Å². The van der Waals surface area contributed by atoms with Crippen molar-refractivity contribution in [1.82, 2.24) is 4.90 Å². The van der Waals surface area contributed by atoms with E-state index in [1.54, 1.807) is 6.07 Å². The average molecular weight is 324 g/mol. The molecule has 1 aliphatic heterocycles. The van der Waals surface area contributed by atoms with E-state index in [0.29, 0.717) is 24.4 Å². The van der Waals surface area contributed by atoms with Crippen molar-refractivity contribution in [1.29, 1.82) is 0 Å². The summed E-state index contributed by atoms with van der Waals surface area (Å²) in [5, 5.41) is 0.819. The van der Waals surface area contributed by atoms with Crippen molar-refractivity contribution in [2.75, 3.05) is 11.9 Å². The predicted molar refractivity (Wildman–Crippen MR) is 78.4 cm³/mol. The van der Waals surface area contributed by atoms with Crippen LogP contribution < -0.4 is 0 Å². The van der Waals surface area contributed by atoms with Crippen LogP contribution in [-0.2, 0) is 11.2 Å². The highest BCUT2D eigenvalue weighted by Gasteiger charge is 2.31.